The van der Waals surface area contributed by atoms with Crippen molar-refractivity contribution in [2.24, 2.45) is 0 Å². The lowest BCUT2D eigenvalue weighted by Crippen LogP contribution is -2.41. The predicted octanol–water partition coefficient (Wildman–Crippen LogP) is 3.12. The summed E-state index contributed by atoms with van der Waals surface area (Å²) in [6.07, 6.45) is 3.62. The Bertz CT molecular complexity index is 731. The van der Waals surface area contributed by atoms with E-state index >= 15 is 0 Å². The van der Waals surface area contributed by atoms with Gasteiger partial charge in [0.05, 0.1) is 30.0 Å². The van der Waals surface area contributed by atoms with Gasteiger partial charge in [0.1, 0.15) is 0 Å². The highest BCUT2D eigenvalue weighted by molar-refractivity contribution is 6.04. The summed E-state index contributed by atoms with van der Waals surface area (Å²) < 4.78 is 7.37. The normalized spacial score (nSPS) is 18.2. The van der Waals surface area contributed by atoms with Crippen LogP contribution in [0.4, 0.5) is 11.4 Å². The molecule has 2 aromatic rings. The maximum Gasteiger partial charge on any atom is 0.258 e. The second-order valence-electron chi connectivity index (χ2n) is 7.47. The van der Waals surface area contributed by atoms with Crippen molar-refractivity contribution >= 4 is 17.3 Å². The Morgan fingerprint density at radius 1 is 1.28 bits per heavy atom. The molecule has 0 saturated carbocycles. The molecule has 25 heavy (non-hydrogen) atoms. The molecule has 0 radical (unpaired) electrons. The first-order valence-electron chi connectivity index (χ1n) is 8.66. The second-order valence-corrected chi connectivity index (χ2v) is 7.47. The summed E-state index contributed by atoms with van der Waals surface area (Å²) in [7, 11) is 0. The van der Waals surface area contributed by atoms with E-state index in [1.165, 1.54) is 0 Å². The van der Waals surface area contributed by atoms with Crippen molar-refractivity contribution in [1.82, 2.24) is 9.78 Å². The number of carbonyl (C=O) groups excluding carboxylic acids is 1. The highest BCUT2D eigenvalue weighted by Crippen LogP contribution is 2.21. The van der Waals surface area contributed by atoms with Crippen LogP contribution >= 0.6 is 0 Å². The maximum atomic E-state index is 12.4. The number of rotatable bonds is 3. The van der Waals surface area contributed by atoms with Crippen LogP contribution in [0.25, 0.3) is 0 Å². The van der Waals surface area contributed by atoms with Crippen LogP contribution in [-0.4, -0.2) is 41.5 Å². The van der Waals surface area contributed by atoms with E-state index in [1.54, 1.807) is 17.1 Å². The highest BCUT2D eigenvalue weighted by atomic mass is 16.5. The van der Waals surface area contributed by atoms with Gasteiger partial charge in [0.15, 0.2) is 0 Å². The van der Waals surface area contributed by atoms with Gasteiger partial charge in [0.25, 0.3) is 5.91 Å². The molecule has 134 valence electrons. The van der Waals surface area contributed by atoms with Crippen molar-refractivity contribution in [3.63, 3.8) is 0 Å². The second kappa shape index (κ2) is 6.88. The Balaban J connectivity index is 1.65. The van der Waals surface area contributed by atoms with Crippen molar-refractivity contribution in [2.75, 3.05) is 29.9 Å². The molecule has 0 bridgehead atoms. The molecule has 1 fully saturated rings. The third-order valence-electron chi connectivity index (χ3n) is 4.26. The maximum absolute atomic E-state index is 12.4. The number of ether oxygens (including phenoxy) is 1. The summed E-state index contributed by atoms with van der Waals surface area (Å²) in [6.45, 7) is 10.8. The van der Waals surface area contributed by atoms with Gasteiger partial charge in [-0.25, -0.2) is 0 Å². The van der Waals surface area contributed by atoms with E-state index in [1.807, 2.05) is 45.0 Å². The van der Waals surface area contributed by atoms with Crippen LogP contribution in [-0.2, 0) is 10.3 Å². The van der Waals surface area contributed by atoms with Gasteiger partial charge in [-0.2, -0.15) is 5.10 Å². The van der Waals surface area contributed by atoms with Gasteiger partial charge in [-0.1, -0.05) is 0 Å². The molecule has 1 aliphatic heterocycles. The number of amides is 1. The van der Waals surface area contributed by atoms with E-state index in [0.717, 1.165) is 31.1 Å². The Morgan fingerprint density at radius 2 is 2.00 bits per heavy atom. The van der Waals surface area contributed by atoms with Gasteiger partial charge in [-0.3, -0.25) is 9.48 Å². The molecule has 1 unspecified atom stereocenters. The van der Waals surface area contributed by atoms with Crippen molar-refractivity contribution in [1.29, 1.82) is 0 Å². The van der Waals surface area contributed by atoms with E-state index in [-0.39, 0.29) is 17.6 Å². The Kier molecular flexibility index (Phi) is 4.81. The van der Waals surface area contributed by atoms with Crippen molar-refractivity contribution < 1.29 is 9.53 Å². The lowest BCUT2D eigenvalue weighted by Gasteiger charge is -2.33. The topological polar surface area (TPSA) is 59.4 Å². The van der Waals surface area contributed by atoms with Crippen molar-refractivity contribution in [2.45, 2.75) is 39.3 Å². The lowest BCUT2D eigenvalue weighted by molar-refractivity contribution is 0.0532. The fraction of sp³-hybridized carbons (Fsp3) is 0.474. The van der Waals surface area contributed by atoms with Gasteiger partial charge in [0, 0.05) is 30.7 Å². The molecule has 2 heterocycles. The molecule has 1 aliphatic rings. The Labute approximate surface area is 148 Å². The fourth-order valence-corrected chi connectivity index (χ4v) is 2.82. The number of hydrogen-bond donors (Lipinski definition) is 1. The van der Waals surface area contributed by atoms with Crippen LogP contribution in [0.2, 0.25) is 0 Å². The van der Waals surface area contributed by atoms with Crippen LogP contribution in [0.15, 0.2) is 36.7 Å². The minimum Gasteiger partial charge on any atom is -0.375 e. The standard InChI is InChI=1S/C19H26N4O2/c1-14-12-22(9-10-25-14)17-7-5-16(6-8-17)21-18(24)15-11-20-23(13-15)19(2,3)4/h5-8,11,13-14H,9-10,12H2,1-4H3,(H,21,24). The zero-order chi connectivity index (χ0) is 18.0. The van der Waals surface area contributed by atoms with E-state index in [2.05, 4.69) is 22.2 Å². The molecule has 1 aromatic heterocycles. The molecule has 3 rings (SSSR count). The third kappa shape index (κ3) is 4.20. The molecule has 1 aromatic carbocycles. The van der Waals surface area contributed by atoms with Gasteiger partial charge in [0.2, 0.25) is 0 Å². The molecule has 6 nitrogen and oxygen atoms in total. The average Bonchev–Trinajstić information content (AvgIpc) is 3.06. The van der Waals surface area contributed by atoms with E-state index in [9.17, 15) is 4.79 Å². The van der Waals surface area contributed by atoms with Crippen LogP contribution in [0, 0.1) is 0 Å². The number of carbonyl (C=O) groups is 1. The first-order chi connectivity index (χ1) is 11.8. The zero-order valence-corrected chi connectivity index (χ0v) is 15.3. The summed E-state index contributed by atoms with van der Waals surface area (Å²) in [5.41, 5.74) is 2.34. The van der Waals surface area contributed by atoms with Gasteiger partial charge >= 0.3 is 0 Å². The Morgan fingerprint density at radius 3 is 2.60 bits per heavy atom. The smallest absolute Gasteiger partial charge is 0.258 e. The summed E-state index contributed by atoms with van der Waals surface area (Å²) in [4.78, 5) is 14.7. The summed E-state index contributed by atoms with van der Waals surface area (Å²) >= 11 is 0. The number of nitrogens with zero attached hydrogens (tertiary/aromatic N) is 3. The SMILES string of the molecule is CC1CN(c2ccc(NC(=O)c3cnn(C(C)(C)C)c3)cc2)CCO1. The quantitative estimate of drug-likeness (QED) is 0.931. The average molecular weight is 342 g/mol. The zero-order valence-electron chi connectivity index (χ0n) is 15.3. The Hall–Kier alpha value is -2.34. The van der Waals surface area contributed by atoms with Gasteiger partial charge in [-0.15, -0.1) is 0 Å². The molecular formula is C19H26N4O2. The van der Waals surface area contributed by atoms with Crippen LogP contribution in [0.5, 0.6) is 0 Å². The third-order valence-corrected chi connectivity index (χ3v) is 4.26. The number of anilines is 2. The molecule has 1 N–H and O–H groups in total. The molecule has 1 amide bonds. The highest BCUT2D eigenvalue weighted by Gasteiger charge is 2.18. The number of hydrogen-bond acceptors (Lipinski definition) is 4. The van der Waals surface area contributed by atoms with Gasteiger partial charge in [-0.05, 0) is 52.0 Å². The largest absolute Gasteiger partial charge is 0.375 e. The minimum absolute atomic E-state index is 0.143. The number of benzene rings is 1. The minimum atomic E-state index is -0.150. The van der Waals surface area contributed by atoms with Crippen LogP contribution in [0.1, 0.15) is 38.1 Å². The summed E-state index contributed by atoms with van der Waals surface area (Å²) in [6, 6.07) is 7.93. The van der Waals surface area contributed by atoms with E-state index < -0.39 is 0 Å². The van der Waals surface area contributed by atoms with E-state index in [0.29, 0.717) is 5.56 Å². The molecule has 1 saturated heterocycles. The number of nitrogens with one attached hydrogen (secondary N) is 1. The summed E-state index contributed by atoms with van der Waals surface area (Å²) in [5, 5.41) is 7.20. The molecule has 6 heteroatoms. The molecule has 0 spiro atoms. The number of morpholine rings is 1. The molecule has 1 atom stereocenters. The van der Waals surface area contributed by atoms with Gasteiger partial charge < -0.3 is 15.0 Å². The van der Waals surface area contributed by atoms with Crippen molar-refractivity contribution in [3.05, 3.63) is 42.2 Å². The van der Waals surface area contributed by atoms with Crippen LogP contribution < -0.4 is 10.2 Å². The van der Waals surface area contributed by atoms with Crippen LogP contribution in [0.3, 0.4) is 0 Å². The first-order valence-corrected chi connectivity index (χ1v) is 8.66. The molecular weight excluding hydrogens is 316 g/mol. The first kappa shape index (κ1) is 17.5. The lowest BCUT2D eigenvalue weighted by atomic mass is 10.1. The molecule has 0 aliphatic carbocycles. The fourth-order valence-electron chi connectivity index (χ4n) is 2.82. The summed E-state index contributed by atoms with van der Waals surface area (Å²) in [5.74, 6) is -0.150. The monoisotopic (exact) mass is 342 g/mol. The predicted molar refractivity (Wildman–Crippen MR) is 99.2 cm³/mol. The van der Waals surface area contributed by atoms with Crippen molar-refractivity contribution in [3.8, 4) is 0 Å². The van der Waals surface area contributed by atoms with E-state index in [4.69, 9.17) is 4.74 Å². The number of aromatic nitrogens is 2.